The lowest BCUT2D eigenvalue weighted by Gasteiger charge is -2.37. The summed E-state index contributed by atoms with van der Waals surface area (Å²) in [4.78, 5) is 28.0. The van der Waals surface area contributed by atoms with Gasteiger partial charge in [-0.3, -0.25) is 14.5 Å². The molecular formula is C13H18N2O3S. The molecule has 0 aliphatic carbocycles. The lowest BCUT2D eigenvalue weighted by Crippen LogP contribution is -2.50. The molecule has 1 aromatic rings. The third-order valence-corrected chi connectivity index (χ3v) is 4.53. The minimum atomic E-state index is -0.891. The summed E-state index contributed by atoms with van der Waals surface area (Å²) < 4.78 is 0. The van der Waals surface area contributed by atoms with Gasteiger partial charge in [0, 0.05) is 25.5 Å². The Morgan fingerprint density at radius 3 is 2.79 bits per heavy atom. The van der Waals surface area contributed by atoms with Crippen molar-refractivity contribution in [2.24, 2.45) is 0 Å². The summed E-state index contributed by atoms with van der Waals surface area (Å²) in [6.07, 6.45) is 0.807. The average molecular weight is 282 g/mol. The summed E-state index contributed by atoms with van der Waals surface area (Å²) in [6, 6.07) is 0.718. The second-order valence-corrected chi connectivity index (χ2v) is 5.94. The van der Waals surface area contributed by atoms with Crippen LogP contribution < -0.4 is 0 Å². The number of fused-ring (bicyclic) bond motifs is 1. The van der Waals surface area contributed by atoms with Crippen molar-refractivity contribution in [3.63, 3.8) is 0 Å². The molecule has 1 amide bonds. The number of amides is 1. The SMILES string of the molecule is CC(C(=O)N(C)C)N1CCc2sccc2C1C(=O)O. The first-order valence-electron chi connectivity index (χ1n) is 6.19. The molecule has 1 aliphatic rings. The summed E-state index contributed by atoms with van der Waals surface area (Å²) in [7, 11) is 3.38. The Kier molecular flexibility index (Phi) is 3.91. The molecule has 2 unspecified atom stereocenters. The van der Waals surface area contributed by atoms with Gasteiger partial charge in [-0.1, -0.05) is 0 Å². The fourth-order valence-electron chi connectivity index (χ4n) is 2.54. The predicted octanol–water partition coefficient (Wildman–Crippen LogP) is 1.21. The number of carbonyl (C=O) groups is 2. The molecule has 0 bridgehead atoms. The standard InChI is InChI=1S/C13H18N2O3S/c1-8(12(16)14(2)3)15-6-4-10-9(5-7-19-10)11(15)13(17)18/h5,7-8,11H,4,6H2,1-3H3,(H,17,18). The highest BCUT2D eigenvalue weighted by Gasteiger charge is 2.38. The van der Waals surface area contributed by atoms with E-state index in [1.807, 2.05) is 11.4 Å². The van der Waals surface area contributed by atoms with Crippen molar-refractivity contribution in [2.75, 3.05) is 20.6 Å². The molecule has 1 aromatic heterocycles. The molecule has 0 saturated carbocycles. The number of rotatable bonds is 3. The smallest absolute Gasteiger partial charge is 0.325 e. The molecule has 6 heteroatoms. The van der Waals surface area contributed by atoms with Crippen LogP contribution in [-0.4, -0.2) is 53.5 Å². The van der Waals surface area contributed by atoms with Gasteiger partial charge in [0.25, 0.3) is 0 Å². The Bertz CT molecular complexity index is 498. The first kappa shape index (κ1) is 14.0. The molecule has 0 fully saturated rings. The fraction of sp³-hybridized carbons (Fsp3) is 0.538. The van der Waals surface area contributed by atoms with E-state index in [2.05, 4.69) is 0 Å². The molecular weight excluding hydrogens is 264 g/mol. The van der Waals surface area contributed by atoms with Crippen molar-refractivity contribution in [1.82, 2.24) is 9.80 Å². The molecule has 0 aromatic carbocycles. The lowest BCUT2D eigenvalue weighted by molar-refractivity contribution is -0.147. The van der Waals surface area contributed by atoms with E-state index in [0.717, 1.165) is 16.9 Å². The average Bonchev–Trinajstić information content (AvgIpc) is 2.83. The van der Waals surface area contributed by atoms with Crippen LogP contribution in [0, 0.1) is 0 Å². The minimum absolute atomic E-state index is 0.0649. The maximum absolute atomic E-state index is 12.1. The van der Waals surface area contributed by atoms with Gasteiger partial charge in [-0.25, -0.2) is 0 Å². The van der Waals surface area contributed by atoms with Crippen molar-refractivity contribution >= 4 is 23.2 Å². The van der Waals surface area contributed by atoms with E-state index in [9.17, 15) is 14.7 Å². The Labute approximate surface area is 116 Å². The molecule has 1 N–H and O–H groups in total. The molecule has 19 heavy (non-hydrogen) atoms. The number of thiophene rings is 1. The monoisotopic (exact) mass is 282 g/mol. The Balaban J connectivity index is 2.31. The van der Waals surface area contributed by atoms with Crippen molar-refractivity contribution in [1.29, 1.82) is 0 Å². The minimum Gasteiger partial charge on any atom is -0.480 e. The number of carboxylic acids is 1. The fourth-order valence-corrected chi connectivity index (χ4v) is 3.45. The van der Waals surface area contributed by atoms with Gasteiger partial charge in [0.15, 0.2) is 0 Å². The van der Waals surface area contributed by atoms with E-state index in [0.29, 0.717) is 6.54 Å². The largest absolute Gasteiger partial charge is 0.480 e. The van der Waals surface area contributed by atoms with E-state index >= 15 is 0 Å². The van der Waals surface area contributed by atoms with Crippen molar-refractivity contribution in [3.05, 3.63) is 21.9 Å². The number of hydrogen-bond donors (Lipinski definition) is 1. The lowest BCUT2D eigenvalue weighted by atomic mass is 9.98. The Morgan fingerprint density at radius 2 is 2.21 bits per heavy atom. The van der Waals surface area contributed by atoms with E-state index in [-0.39, 0.29) is 5.91 Å². The maximum Gasteiger partial charge on any atom is 0.325 e. The number of aliphatic carboxylic acids is 1. The molecule has 2 rings (SSSR count). The first-order valence-corrected chi connectivity index (χ1v) is 7.07. The normalized spacial score (nSPS) is 20.7. The van der Waals surface area contributed by atoms with E-state index < -0.39 is 18.1 Å². The first-order chi connectivity index (χ1) is 8.93. The maximum atomic E-state index is 12.1. The van der Waals surface area contributed by atoms with Crippen LogP contribution in [0.5, 0.6) is 0 Å². The quantitative estimate of drug-likeness (QED) is 0.905. The van der Waals surface area contributed by atoms with Crippen LogP contribution >= 0.6 is 11.3 Å². The Morgan fingerprint density at radius 1 is 1.53 bits per heavy atom. The second kappa shape index (κ2) is 5.30. The van der Waals surface area contributed by atoms with Crippen LogP contribution in [0.1, 0.15) is 23.4 Å². The van der Waals surface area contributed by atoms with Gasteiger partial charge in [-0.2, -0.15) is 0 Å². The Hall–Kier alpha value is -1.40. The van der Waals surface area contributed by atoms with Crippen molar-refractivity contribution in [2.45, 2.75) is 25.4 Å². The summed E-state index contributed by atoms with van der Waals surface area (Å²) in [6.45, 7) is 2.38. The molecule has 2 heterocycles. The van der Waals surface area contributed by atoms with Crippen LogP contribution in [-0.2, 0) is 16.0 Å². The number of carboxylic acid groups (broad SMARTS) is 1. The van der Waals surface area contributed by atoms with Gasteiger partial charge in [0.1, 0.15) is 6.04 Å². The van der Waals surface area contributed by atoms with Crippen molar-refractivity contribution < 1.29 is 14.7 Å². The summed E-state index contributed by atoms with van der Waals surface area (Å²) in [5.41, 5.74) is 0.835. The highest BCUT2D eigenvalue weighted by molar-refractivity contribution is 7.10. The molecule has 0 radical (unpaired) electrons. The van der Waals surface area contributed by atoms with Gasteiger partial charge in [0.05, 0.1) is 6.04 Å². The zero-order valence-corrected chi connectivity index (χ0v) is 12.1. The number of carbonyl (C=O) groups excluding carboxylic acids is 1. The van der Waals surface area contributed by atoms with Crippen LogP contribution in [0.3, 0.4) is 0 Å². The van der Waals surface area contributed by atoms with E-state index in [1.54, 1.807) is 37.3 Å². The third-order valence-electron chi connectivity index (χ3n) is 3.53. The number of likely N-dealkylation sites (N-methyl/N-ethyl adjacent to an activating group) is 1. The highest BCUT2D eigenvalue weighted by Crippen LogP contribution is 2.34. The van der Waals surface area contributed by atoms with Gasteiger partial charge in [0.2, 0.25) is 5.91 Å². The van der Waals surface area contributed by atoms with Gasteiger partial charge >= 0.3 is 5.97 Å². The highest BCUT2D eigenvalue weighted by atomic mass is 32.1. The van der Waals surface area contributed by atoms with Gasteiger partial charge < -0.3 is 10.0 Å². The molecule has 1 aliphatic heterocycles. The van der Waals surface area contributed by atoms with Crippen molar-refractivity contribution in [3.8, 4) is 0 Å². The zero-order valence-electron chi connectivity index (χ0n) is 11.3. The molecule has 0 spiro atoms. The van der Waals surface area contributed by atoms with Crippen LogP contribution in [0.25, 0.3) is 0 Å². The summed E-state index contributed by atoms with van der Waals surface area (Å²) >= 11 is 1.59. The summed E-state index contributed by atoms with van der Waals surface area (Å²) in [5, 5.41) is 11.4. The summed E-state index contributed by atoms with van der Waals surface area (Å²) in [5.74, 6) is -0.956. The number of nitrogens with zero attached hydrogens (tertiary/aromatic N) is 2. The van der Waals surface area contributed by atoms with Crippen LogP contribution in [0.4, 0.5) is 0 Å². The van der Waals surface area contributed by atoms with E-state index in [1.165, 1.54) is 4.90 Å². The third kappa shape index (κ3) is 2.50. The van der Waals surface area contributed by atoms with E-state index in [4.69, 9.17) is 0 Å². The second-order valence-electron chi connectivity index (χ2n) is 4.94. The molecule has 2 atom stereocenters. The topological polar surface area (TPSA) is 60.9 Å². The molecule has 0 saturated heterocycles. The number of hydrogen-bond acceptors (Lipinski definition) is 4. The van der Waals surface area contributed by atoms with Crippen LogP contribution in [0.15, 0.2) is 11.4 Å². The zero-order chi connectivity index (χ0) is 14.2. The van der Waals surface area contributed by atoms with Gasteiger partial charge in [-0.15, -0.1) is 11.3 Å². The predicted molar refractivity (Wildman–Crippen MR) is 73.3 cm³/mol. The molecule has 5 nitrogen and oxygen atoms in total. The molecule has 104 valence electrons. The van der Waals surface area contributed by atoms with Gasteiger partial charge in [-0.05, 0) is 30.4 Å². The van der Waals surface area contributed by atoms with Crippen LogP contribution in [0.2, 0.25) is 0 Å².